The summed E-state index contributed by atoms with van der Waals surface area (Å²) >= 11 is 0. The summed E-state index contributed by atoms with van der Waals surface area (Å²) in [6, 6.07) is 113. The van der Waals surface area contributed by atoms with Crippen molar-refractivity contribution in [2.75, 3.05) is 0 Å². The van der Waals surface area contributed by atoms with Crippen molar-refractivity contribution in [1.29, 1.82) is 0 Å². The quantitative estimate of drug-likeness (QED) is 0.101. The number of rotatable bonds is 9. The molecule has 3 heteroatoms. The molecule has 14 aromatic rings. The maximum atomic E-state index is 2.54. The van der Waals surface area contributed by atoms with Crippen LogP contribution in [0.5, 0.6) is 0 Å². The Hall–Kier alpha value is -9.54. The number of fused-ring (bicyclic) bond motifs is 9. The van der Waals surface area contributed by atoms with Gasteiger partial charge in [0.05, 0.1) is 33.2 Å². The van der Waals surface area contributed by atoms with Crippen molar-refractivity contribution >= 4 is 72.4 Å². The predicted molar refractivity (Wildman–Crippen MR) is 321 cm³/mol. The fourth-order valence-corrected chi connectivity index (χ4v) is 18.4. The summed E-state index contributed by atoms with van der Waals surface area (Å²) in [5, 5.41) is 10.3. The Morgan fingerprint density at radius 2 is 0.737 bits per heavy atom. The Labute approximate surface area is 443 Å². The van der Waals surface area contributed by atoms with Crippen LogP contribution in [0.15, 0.2) is 303 Å². The normalized spacial score (nSPS) is 12.8. The molecule has 2 nitrogen and oxygen atoms in total. The molecular formula is C73H50N2Si. The van der Waals surface area contributed by atoms with Crippen molar-refractivity contribution in [3.05, 3.63) is 326 Å². The molecule has 1 aliphatic carbocycles. The number of hydrogen-bond donors (Lipinski definition) is 0. The lowest BCUT2D eigenvalue weighted by Gasteiger charge is -2.34. The van der Waals surface area contributed by atoms with Gasteiger partial charge in [-0.2, -0.15) is 0 Å². The average Bonchev–Trinajstić information content (AvgIpc) is 4.31. The van der Waals surface area contributed by atoms with Crippen LogP contribution in [0.1, 0.15) is 22.3 Å². The third-order valence-electron chi connectivity index (χ3n) is 16.5. The number of hydrogen-bond acceptors (Lipinski definition) is 0. The first-order valence-corrected chi connectivity index (χ1v) is 28.4. The maximum Gasteiger partial charge on any atom is 0.179 e. The lowest BCUT2D eigenvalue weighted by molar-refractivity contribution is 0.768. The molecule has 2 heterocycles. The zero-order valence-electron chi connectivity index (χ0n) is 41.8. The van der Waals surface area contributed by atoms with E-state index in [-0.39, 0.29) is 0 Å². The summed E-state index contributed by atoms with van der Waals surface area (Å²) in [5.74, 6) is 0. The van der Waals surface area contributed by atoms with Crippen LogP contribution in [0.2, 0.25) is 0 Å². The van der Waals surface area contributed by atoms with Gasteiger partial charge in [0.25, 0.3) is 0 Å². The fourth-order valence-electron chi connectivity index (χ4n) is 13.6. The molecule has 0 N–H and O–H groups in total. The van der Waals surface area contributed by atoms with Gasteiger partial charge in [-0.25, -0.2) is 0 Å². The molecule has 0 atom stereocenters. The average molecular weight is 983 g/mol. The summed E-state index contributed by atoms with van der Waals surface area (Å²) in [5.41, 5.74) is 16.6. The molecule has 0 bridgehead atoms. The first kappa shape index (κ1) is 44.0. The summed E-state index contributed by atoms with van der Waals surface area (Å²) in [6.07, 6.45) is 0. The molecular weight excluding hydrogens is 933 g/mol. The maximum absolute atomic E-state index is 2.85. The minimum atomic E-state index is -2.85. The van der Waals surface area contributed by atoms with Gasteiger partial charge in [-0.05, 0) is 102 Å². The Bertz CT molecular complexity index is 4360. The van der Waals surface area contributed by atoms with Crippen LogP contribution in [-0.2, 0) is 5.41 Å². The molecule has 12 aromatic carbocycles. The Balaban J connectivity index is 0.999. The van der Waals surface area contributed by atoms with E-state index in [4.69, 9.17) is 0 Å². The van der Waals surface area contributed by atoms with Gasteiger partial charge in [-0.3, -0.25) is 0 Å². The highest BCUT2D eigenvalue weighted by atomic mass is 28.3. The topological polar surface area (TPSA) is 9.86 Å². The van der Waals surface area contributed by atoms with Crippen molar-refractivity contribution in [2.24, 2.45) is 0 Å². The minimum absolute atomic E-state index is 0.502. The van der Waals surface area contributed by atoms with Crippen LogP contribution in [0.25, 0.3) is 77.2 Å². The molecule has 0 aliphatic heterocycles. The van der Waals surface area contributed by atoms with Gasteiger partial charge < -0.3 is 9.13 Å². The number of aromatic nitrogens is 2. The van der Waals surface area contributed by atoms with E-state index in [1.54, 1.807) is 0 Å². The molecule has 0 radical (unpaired) electrons. The van der Waals surface area contributed by atoms with Crippen molar-refractivity contribution in [3.63, 3.8) is 0 Å². The molecule has 0 spiro atoms. The summed E-state index contributed by atoms with van der Waals surface area (Å²) in [6.45, 7) is 0. The van der Waals surface area contributed by atoms with E-state index in [0.717, 1.165) is 11.4 Å². The summed E-state index contributed by atoms with van der Waals surface area (Å²) in [4.78, 5) is 0. The van der Waals surface area contributed by atoms with E-state index in [0.29, 0.717) is 0 Å². The van der Waals surface area contributed by atoms with Gasteiger partial charge in [0.15, 0.2) is 8.07 Å². The van der Waals surface area contributed by atoms with Crippen LogP contribution in [0.3, 0.4) is 0 Å². The molecule has 1 aliphatic rings. The SMILES string of the molecule is c1ccc(C2(c3ccccc3)c3ccccc3-c3c(-c4cccc5c4c4ccccc4n5-c4cccc5c6ccccc6n(-c6cccc([Si](c7ccccc7)(c7ccccc7)c7ccccc7)c6)c45)cccc32)cc1. The van der Waals surface area contributed by atoms with E-state index in [1.807, 2.05) is 0 Å². The molecule has 76 heavy (non-hydrogen) atoms. The van der Waals surface area contributed by atoms with Crippen molar-refractivity contribution < 1.29 is 0 Å². The Morgan fingerprint density at radius 1 is 0.289 bits per heavy atom. The molecule has 0 amide bonds. The lowest BCUT2D eigenvalue weighted by atomic mass is 9.67. The van der Waals surface area contributed by atoms with E-state index in [2.05, 4.69) is 312 Å². The highest BCUT2D eigenvalue weighted by Crippen LogP contribution is 2.59. The van der Waals surface area contributed by atoms with E-state index < -0.39 is 13.5 Å². The van der Waals surface area contributed by atoms with Gasteiger partial charge in [0.2, 0.25) is 0 Å². The zero-order valence-corrected chi connectivity index (χ0v) is 42.8. The molecule has 0 saturated carbocycles. The molecule has 0 fully saturated rings. The standard InChI is InChI=1S/C73H50N2Si/c1-6-26-51(27-7-1)73(52-28-8-2-9-29-52)64-44-19-16-39-62(64)70-59(41-23-45-65(70)73)60-42-24-48-68-71(60)63-40-18-21-47-67(63)75(68)69-49-25-43-61-58-38-17-20-46-66(58)74(72(61)69)53-30-22-37-57(50-53)76(54-31-10-3-11-32-54,55-33-12-4-13-34-55)56-35-14-5-15-36-56/h1-50H. The third kappa shape index (κ3) is 6.27. The fraction of sp³-hybridized carbons (Fsp3) is 0.0137. The van der Waals surface area contributed by atoms with Crippen LogP contribution < -0.4 is 20.7 Å². The number of nitrogens with zero attached hydrogens (tertiary/aromatic N) is 2. The zero-order chi connectivity index (χ0) is 50.2. The smallest absolute Gasteiger partial charge is 0.179 e. The van der Waals surface area contributed by atoms with E-state index in [9.17, 15) is 0 Å². The monoisotopic (exact) mass is 982 g/mol. The largest absolute Gasteiger partial charge is 0.307 e. The van der Waals surface area contributed by atoms with Crippen LogP contribution in [0, 0.1) is 0 Å². The minimum Gasteiger partial charge on any atom is -0.307 e. The van der Waals surface area contributed by atoms with Gasteiger partial charge in [-0.15, -0.1) is 0 Å². The Kier molecular flexibility index (Phi) is 10.2. The highest BCUT2D eigenvalue weighted by molar-refractivity contribution is 7.19. The molecule has 0 unspecified atom stereocenters. The van der Waals surface area contributed by atoms with Crippen LogP contribution >= 0.6 is 0 Å². The van der Waals surface area contributed by atoms with E-state index in [1.165, 1.54) is 109 Å². The van der Waals surface area contributed by atoms with Gasteiger partial charge in [-0.1, -0.05) is 267 Å². The highest BCUT2D eigenvalue weighted by Gasteiger charge is 2.47. The first-order chi connectivity index (χ1) is 37.8. The van der Waals surface area contributed by atoms with Gasteiger partial charge in [0, 0.05) is 27.2 Å². The van der Waals surface area contributed by atoms with Gasteiger partial charge >= 0.3 is 0 Å². The van der Waals surface area contributed by atoms with Crippen LogP contribution in [0.4, 0.5) is 0 Å². The first-order valence-electron chi connectivity index (χ1n) is 26.4. The molecule has 15 rings (SSSR count). The second-order valence-electron chi connectivity index (χ2n) is 20.2. The number of benzene rings is 12. The lowest BCUT2D eigenvalue weighted by Crippen LogP contribution is -2.74. The summed E-state index contributed by atoms with van der Waals surface area (Å²) < 4.78 is 5.09. The second-order valence-corrected chi connectivity index (χ2v) is 24.0. The molecule has 2 aromatic heterocycles. The number of para-hydroxylation sites is 3. The Morgan fingerprint density at radius 3 is 1.39 bits per heavy atom. The summed E-state index contributed by atoms with van der Waals surface area (Å²) in [7, 11) is -2.85. The van der Waals surface area contributed by atoms with Gasteiger partial charge in [0.1, 0.15) is 0 Å². The second kappa shape index (κ2) is 17.6. The van der Waals surface area contributed by atoms with Crippen LogP contribution in [-0.4, -0.2) is 17.2 Å². The van der Waals surface area contributed by atoms with Crippen molar-refractivity contribution in [2.45, 2.75) is 5.41 Å². The van der Waals surface area contributed by atoms with Crippen molar-refractivity contribution in [1.82, 2.24) is 9.13 Å². The third-order valence-corrected chi connectivity index (χ3v) is 21.3. The van der Waals surface area contributed by atoms with Crippen molar-refractivity contribution in [3.8, 4) is 33.6 Å². The van der Waals surface area contributed by atoms with E-state index >= 15 is 0 Å². The molecule has 0 saturated heterocycles. The molecule has 356 valence electrons. The predicted octanol–water partition coefficient (Wildman–Crippen LogP) is 15.3.